The number of hydrogen-bond donors (Lipinski definition) is 0. The van der Waals surface area contributed by atoms with Gasteiger partial charge in [-0.1, -0.05) is 229 Å². The zero-order chi connectivity index (χ0) is 54.3. The van der Waals surface area contributed by atoms with Gasteiger partial charge in [-0.3, -0.25) is 14.4 Å². The monoisotopic (exact) mass is 1030 g/mol. The standard InChI is InChI=1S/C69H104O6/c1-4-7-10-13-16-19-22-25-28-30-32-33-34-35-37-38-41-44-47-50-53-56-59-62-68(71)74-65-66(64-73-67(70)61-58-55-52-49-46-43-40-27-24-21-18-15-12-9-6-3)75-69(72)63-60-57-54-51-48-45-42-39-36-31-29-26-23-20-17-14-11-8-5-2/h7-12,16-21,25-29,32-33,35-37,39-41,44-45,48,50,53,66H,4-6,13-15,22-24,30-31,34,38,42-43,46-47,49,51-52,54-65H2,1-3H3/b10-7-,11-8-,12-9-,19-16-,20-17-,21-18-,28-25-,29-26-,33-32-,37-35-,39-36-,40-27-,44-41-,48-45-,53-50-. The molecule has 0 bridgehead atoms. The third-order valence-electron chi connectivity index (χ3n) is 11.4. The fraction of sp³-hybridized carbons (Fsp3) is 0.522. The molecule has 0 rings (SSSR count). The molecule has 0 aliphatic rings. The first kappa shape index (κ1) is 69.5. The minimum atomic E-state index is -0.838. The van der Waals surface area contributed by atoms with E-state index in [-0.39, 0.29) is 44.0 Å². The smallest absolute Gasteiger partial charge is 0.306 e. The maximum Gasteiger partial charge on any atom is 0.306 e. The van der Waals surface area contributed by atoms with E-state index in [9.17, 15) is 14.4 Å². The molecule has 0 saturated heterocycles. The van der Waals surface area contributed by atoms with Crippen LogP contribution in [0.15, 0.2) is 182 Å². The van der Waals surface area contributed by atoms with Gasteiger partial charge >= 0.3 is 17.9 Å². The lowest BCUT2D eigenvalue weighted by atomic mass is 10.1. The van der Waals surface area contributed by atoms with Gasteiger partial charge in [0.15, 0.2) is 6.10 Å². The lowest BCUT2D eigenvalue weighted by Gasteiger charge is -2.18. The molecule has 0 radical (unpaired) electrons. The summed E-state index contributed by atoms with van der Waals surface area (Å²) in [4.78, 5) is 38.2. The van der Waals surface area contributed by atoms with E-state index in [0.29, 0.717) is 19.3 Å². The van der Waals surface area contributed by atoms with E-state index in [1.165, 1.54) is 0 Å². The van der Waals surface area contributed by atoms with Gasteiger partial charge in [-0.05, 0) is 148 Å². The molecule has 0 fully saturated rings. The molecule has 0 aliphatic heterocycles. The van der Waals surface area contributed by atoms with Crippen LogP contribution in [0.5, 0.6) is 0 Å². The first-order valence-corrected chi connectivity index (χ1v) is 29.3. The molecular weight excluding hydrogens is 925 g/mol. The Kier molecular flexibility index (Phi) is 56.6. The molecule has 416 valence electrons. The summed E-state index contributed by atoms with van der Waals surface area (Å²) in [5.74, 6) is -1.05. The maximum atomic E-state index is 12.9. The van der Waals surface area contributed by atoms with Gasteiger partial charge in [0.1, 0.15) is 13.2 Å². The van der Waals surface area contributed by atoms with Crippen LogP contribution in [-0.2, 0) is 28.6 Å². The van der Waals surface area contributed by atoms with Crippen molar-refractivity contribution in [3.63, 3.8) is 0 Å². The largest absolute Gasteiger partial charge is 0.462 e. The van der Waals surface area contributed by atoms with Crippen molar-refractivity contribution in [3.05, 3.63) is 182 Å². The molecule has 0 aromatic rings. The molecule has 6 nitrogen and oxygen atoms in total. The second-order valence-electron chi connectivity index (χ2n) is 18.4. The number of hydrogen-bond acceptors (Lipinski definition) is 6. The summed E-state index contributed by atoms with van der Waals surface area (Å²) in [6, 6.07) is 0. The lowest BCUT2D eigenvalue weighted by molar-refractivity contribution is -0.167. The Labute approximate surface area is 459 Å². The van der Waals surface area contributed by atoms with E-state index >= 15 is 0 Å². The quantitative estimate of drug-likeness (QED) is 0.0261. The number of carbonyl (C=O) groups excluding carboxylic acids is 3. The zero-order valence-corrected chi connectivity index (χ0v) is 47.5. The topological polar surface area (TPSA) is 78.9 Å². The molecular formula is C69H104O6. The number of allylic oxidation sites excluding steroid dienone is 30. The molecule has 0 amide bonds. The minimum Gasteiger partial charge on any atom is -0.462 e. The molecule has 1 atom stereocenters. The van der Waals surface area contributed by atoms with Crippen LogP contribution in [0.25, 0.3) is 0 Å². The van der Waals surface area contributed by atoms with Crippen LogP contribution in [-0.4, -0.2) is 37.2 Å². The van der Waals surface area contributed by atoms with Crippen LogP contribution in [0, 0.1) is 0 Å². The highest BCUT2D eigenvalue weighted by Crippen LogP contribution is 2.12. The van der Waals surface area contributed by atoms with Gasteiger partial charge < -0.3 is 14.2 Å². The average molecular weight is 1030 g/mol. The highest BCUT2D eigenvalue weighted by Gasteiger charge is 2.19. The number of rotatable bonds is 50. The SMILES string of the molecule is CC/C=C\C/C=C\C/C=C\C/C=C\C/C=C\C/C=C\C/C=C\CCCC(=O)OCC(COC(=O)CCCCCCC/C=C\C/C=C\C/C=C\CC)OC(=O)CCCCC/C=C\C/C=C\C/C=C\C/C=C\C/C=C\CC. The number of carbonyl (C=O) groups is 3. The molecule has 6 heteroatoms. The van der Waals surface area contributed by atoms with Crippen molar-refractivity contribution >= 4 is 17.9 Å². The molecule has 0 saturated carbocycles. The Morgan fingerprint density at radius 3 is 0.813 bits per heavy atom. The van der Waals surface area contributed by atoms with Crippen LogP contribution in [0.4, 0.5) is 0 Å². The molecule has 0 aliphatic carbocycles. The van der Waals surface area contributed by atoms with E-state index in [1.54, 1.807) is 0 Å². The Bertz CT molecular complexity index is 1800. The maximum absolute atomic E-state index is 12.9. The highest BCUT2D eigenvalue weighted by molar-refractivity contribution is 5.71. The minimum absolute atomic E-state index is 0.129. The van der Waals surface area contributed by atoms with Crippen molar-refractivity contribution < 1.29 is 28.6 Å². The van der Waals surface area contributed by atoms with Crippen molar-refractivity contribution in [1.29, 1.82) is 0 Å². The van der Waals surface area contributed by atoms with Gasteiger partial charge in [0.05, 0.1) is 0 Å². The second kappa shape index (κ2) is 61.1. The van der Waals surface area contributed by atoms with Crippen LogP contribution in [0.1, 0.15) is 213 Å². The predicted molar refractivity (Wildman–Crippen MR) is 324 cm³/mol. The van der Waals surface area contributed by atoms with Gasteiger partial charge in [-0.2, -0.15) is 0 Å². The Balaban J connectivity index is 4.61. The summed E-state index contributed by atoms with van der Waals surface area (Å²) in [6.07, 6.45) is 91.7. The van der Waals surface area contributed by atoms with Gasteiger partial charge in [0.25, 0.3) is 0 Å². The van der Waals surface area contributed by atoms with E-state index < -0.39 is 6.10 Å². The zero-order valence-electron chi connectivity index (χ0n) is 47.5. The van der Waals surface area contributed by atoms with Crippen molar-refractivity contribution in [3.8, 4) is 0 Å². The van der Waals surface area contributed by atoms with Crippen LogP contribution < -0.4 is 0 Å². The molecule has 0 N–H and O–H groups in total. The first-order chi connectivity index (χ1) is 37.0. The van der Waals surface area contributed by atoms with Crippen LogP contribution in [0.3, 0.4) is 0 Å². The van der Waals surface area contributed by atoms with Gasteiger partial charge in [-0.25, -0.2) is 0 Å². The fourth-order valence-electron chi connectivity index (χ4n) is 7.12. The third kappa shape index (κ3) is 59.3. The normalized spacial score (nSPS) is 13.5. The molecule has 0 heterocycles. The number of esters is 3. The lowest BCUT2D eigenvalue weighted by Crippen LogP contribution is -2.30. The van der Waals surface area contributed by atoms with Crippen molar-refractivity contribution in [1.82, 2.24) is 0 Å². The van der Waals surface area contributed by atoms with Gasteiger partial charge in [0, 0.05) is 19.3 Å². The molecule has 0 aromatic heterocycles. The van der Waals surface area contributed by atoms with E-state index in [4.69, 9.17) is 14.2 Å². The summed E-state index contributed by atoms with van der Waals surface area (Å²) in [5, 5.41) is 0. The second-order valence-corrected chi connectivity index (χ2v) is 18.4. The fourth-order valence-corrected chi connectivity index (χ4v) is 7.12. The van der Waals surface area contributed by atoms with Crippen molar-refractivity contribution in [2.75, 3.05) is 13.2 Å². The summed E-state index contributed by atoms with van der Waals surface area (Å²) < 4.78 is 16.8. The Hall–Kier alpha value is -5.49. The van der Waals surface area contributed by atoms with Crippen molar-refractivity contribution in [2.24, 2.45) is 0 Å². The van der Waals surface area contributed by atoms with Crippen LogP contribution in [0.2, 0.25) is 0 Å². The van der Waals surface area contributed by atoms with E-state index in [1.807, 2.05) is 0 Å². The predicted octanol–water partition coefficient (Wildman–Crippen LogP) is 20.1. The van der Waals surface area contributed by atoms with Crippen molar-refractivity contribution in [2.45, 2.75) is 219 Å². The van der Waals surface area contributed by atoms with E-state index in [0.717, 1.165) is 161 Å². The highest BCUT2D eigenvalue weighted by atomic mass is 16.6. The molecule has 0 spiro atoms. The Morgan fingerprint density at radius 2 is 0.493 bits per heavy atom. The number of ether oxygens (including phenoxy) is 3. The first-order valence-electron chi connectivity index (χ1n) is 29.3. The molecule has 0 aromatic carbocycles. The van der Waals surface area contributed by atoms with Gasteiger partial charge in [0.2, 0.25) is 0 Å². The summed E-state index contributed by atoms with van der Waals surface area (Å²) >= 11 is 0. The van der Waals surface area contributed by atoms with Crippen LogP contribution >= 0.6 is 0 Å². The average Bonchev–Trinajstić information content (AvgIpc) is 3.41. The van der Waals surface area contributed by atoms with Gasteiger partial charge in [-0.15, -0.1) is 0 Å². The van der Waals surface area contributed by atoms with E-state index in [2.05, 4.69) is 203 Å². The number of unbranched alkanes of at least 4 members (excludes halogenated alkanes) is 9. The Morgan fingerprint density at radius 1 is 0.267 bits per heavy atom. The summed E-state index contributed by atoms with van der Waals surface area (Å²) in [7, 11) is 0. The summed E-state index contributed by atoms with van der Waals surface area (Å²) in [6.45, 7) is 6.18. The molecule has 1 unspecified atom stereocenters. The molecule has 75 heavy (non-hydrogen) atoms. The third-order valence-corrected chi connectivity index (χ3v) is 11.4. The summed E-state index contributed by atoms with van der Waals surface area (Å²) in [5.41, 5.74) is 0.